The van der Waals surface area contributed by atoms with Crippen molar-refractivity contribution in [2.45, 2.75) is 38.6 Å². The van der Waals surface area contributed by atoms with Gasteiger partial charge in [-0.2, -0.15) is 0 Å². The van der Waals surface area contributed by atoms with E-state index in [-0.39, 0.29) is 0 Å². The van der Waals surface area contributed by atoms with E-state index in [1.165, 1.54) is 37.2 Å². The molecule has 3 heteroatoms. The molecule has 2 heterocycles. The third-order valence-electron chi connectivity index (χ3n) is 4.21. The molecule has 96 valence electrons. The molecule has 0 aromatic carbocycles. The summed E-state index contributed by atoms with van der Waals surface area (Å²) in [6.07, 6.45) is 3.71. The number of nitrogens with one attached hydrogen (secondary N) is 1. The normalized spacial score (nSPS) is 20.6. The zero-order valence-electron chi connectivity index (χ0n) is 11.0. The molecule has 0 radical (unpaired) electrons. The first kappa shape index (κ1) is 13.1. The maximum atomic E-state index is 3.56. The van der Waals surface area contributed by atoms with E-state index in [2.05, 4.69) is 41.6 Å². The van der Waals surface area contributed by atoms with Crippen molar-refractivity contribution in [2.75, 3.05) is 26.2 Å². The van der Waals surface area contributed by atoms with Crippen molar-refractivity contribution >= 4 is 11.3 Å². The van der Waals surface area contributed by atoms with E-state index in [0.717, 1.165) is 13.1 Å². The Morgan fingerprint density at radius 3 is 2.88 bits per heavy atom. The zero-order chi connectivity index (χ0) is 12.1. The van der Waals surface area contributed by atoms with Crippen LogP contribution in [0.1, 0.15) is 31.6 Å². The summed E-state index contributed by atoms with van der Waals surface area (Å²) in [4.78, 5) is 4.23. The Hall–Kier alpha value is -0.380. The number of hydrogen-bond acceptors (Lipinski definition) is 3. The molecular formula is C14H24N2S. The molecule has 0 bridgehead atoms. The van der Waals surface area contributed by atoms with E-state index in [1.807, 2.05) is 11.3 Å². The van der Waals surface area contributed by atoms with Crippen molar-refractivity contribution < 1.29 is 0 Å². The van der Waals surface area contributed by atoms with Crippen molar-refractivity contribution in [3.05, 3.63) is 22.4 Å². The molecule has 0 amide bonds. The summed E-state index contributed by atoms with van der Waals surface area (Å²) in [5.41, 5.74) is 0.398. The van der Waals surface area contributed by atoms with Crippen molar-refractivity contribution in [3.63, 3.8) is 0 Å². The van der Waals surface area contributed by atoms with Gasteiger partial charge in [-0.1, -0.05) is 19.9 Å². The van der Waals surface area contributed by atoms with Crippen LogP contribution in [-0.4, -0.2) is 36.6 Å². The lowest BCUT2D eigenvalue weighted by molar-refractivity contribution is 0.0535. The number of rotatable bonds is 5. The molecule has 1 fully saturated rings. The fourth-order valence-corrected chi connectivity index (χ4v) is 3.58. The number of piperazine rings is 1. The lowest BCUT2D eigenvalue weighted by atomic mass is 9.88. The lowest BCUT2D eigenvalue weighted by Gasteiger charge is -2.47. The van der Waals surface area contributed by atoms with Gasteiger partial charge in [0.05, 0.1) is 0 Å². The minimum absolute atomic E-state index is 0.398. The van der Waals surface area contributed by atoms with Gasteiger partial charge in [-0.3, -0.25) is 4.90 Å². The van der Waals surface area contributed by atoms with E-state index in [9.17, 15) is 0 Å². The first-order valence-electron chi connectivity index (χ1n) is 6.79. The highest BCUT2D eigenvalue weighted by atomic mass is 32.1. The lowest BCUT2D eigenvalue weighted by Crippen LogP contribution is -2.61. The Labute approximate surface area is 109 Å². The minimum Gasteiger partial charge on any atom is -0.314 e. The van der Waals surface area contributed by atoms with Crippen LogP contribution >= 0.6 is 11.3 Å². The Morgan fingerprint density at radius 2 is 2.24 bits per heavy atom. The van der Waals surface area contributed by atoms with Gasteiger partial charge in [-0.05, 0) is 30.7 Å². The van der Waals surface area contributed by atoms with Crippen molar-refractivity contribution in [3.8, 4) is 0 Å². The van der Waals surface area contributed by atoms with Gasteiger partial charge in [-0.15, -0.1) is 11.3 Å². The fraction of sp³-hybridized carbons (Fsp3) is 0.714. The molecule has 1 aliphatic rings. The molecule has 0 atom stereocenters. The van der Waals surface area contributed by atoms with Crippen molar-refractivity contribution in [1.29, 1.82) is 0 Å². The first-order valence-corrected chi connectivity index (χ1v) is 7.67. The molecule has 1 N–H and O–H groups in total. The van der Waals surface area contributed by atoms with Gasteiger partial charge in [0.2, 0.25) is 0 Å². The summed E-state index contributed by atoms with van der Waals surface area (Å²) in [5, 5.41) is 5.74. The molecule has 1 aliphatic heterocycles. The predicted octanol–water partition coefficient (Wildman–Crippen LogP) is 2.75. The Kier molecular flexibility index (Phi) is 4.60. The van der Waals surface area contributed by atoms with Crippen LogP contribution in [0.15, 0.2) is 17.5 Å². The smallest absolute Gasteiger partial charge is 0.0329 e. The van der Waals surface area contributed by atoms with Crippen LogP contribution in [0.2, 0.25) is 0 Å². The number of nitrogens with zero attached hydrogens (tertiary/aromatic N) is 1. The standard InChI is InChI=1S/C14H24N2S/c1-3-14(4-2)12-15-8-10-16(14)9-7-13-6-5-11-17-13/h5-6,11,15H,3-4,7-10,12H2,1-2H3. The summed E-state index contributed by atoms with van der Waals surface area (Å²) in [5.74, 6) is 0. The van der Waals surface area contributed by atoms with E-state index in [1.54, 1.807) is 0 Å². The van der Waals surface area contributed by atoms with Gasteiger partial charge < -0.3 is 5.32 Å². The van der Waals surface area contributed by atoms with Gasteiger partial charge in [0.25, 0.3) is 0 Å². The molecule has 1 saturated heterocycles. The molecule has 0 aliphatic carbocycles. The van der Waals surface area contributed by atoms with Crippen LogP contribution in [0.4, 0.5) is 0 Å². The maximum Gasteiger partial charge on any atom is 0.0329 e. The Balaban J connectivity index is 1.96. The third kappa shape index (κ3) is 2.90. The minimum atomic E-state index is 0.398. The highest BCUT2D eigenvalue weighted by Gasteiger charge is 2.34. The summed E-state index contributed by atoms with van der Waals surface area (Å²) in [6, 6.07) is 4.41. The molecule has 0 saturated carbocycles. The highest BCUT2D eigenvalue weighted by molar-refractivity contribution is 7.09. The van der Waals surface area contributed by atoms with Crippen LogP contribution < -0.4 is 5.32 Å². The molecule has 1 aromatic heterocycles. The second-order valence-electron chi connectivity index (χ2n) is 4.92. The van der Waals surface area contributed by atoms with Crippen molar-refractivity contribution in [1.82, 2.24) is 10.2 Å². The van der Waals surface area contributed by atoms with Gasteiger partial charge in [-0.25, -0.2) is 0 Å². The zero-order valence-corrected chi connectivity index (χ0v) is 11.9. The van der Waals surface area contributed by atoms with E-state index >= 15 is 0 Å². The summed E-state index contributed by atoms with van der Waals surface area (Å²) in [7, 11) is 0. The van der Waals surface area contributed by atoms with Crippen molar-refractivity contribution in [2.24, 2.45) is 0 Å². The Bertz CT molecular complexity index is 317. The fourth-order valence-electron chi connectivity index (χ4n) is 2.88. The first-order chi connectivity index (χ1) is 8.30. The summed E-state index contributed by atoms with van der Waals surface area (Å²) < 4.78 is 0. The number of hydrogen-bond donors (Lipinski definition) is 1. The van der Waals surface area contributed by atoms with E-state index < -0.39 is 0 Å². The second kappa shape index (κ2) is 5.98. The van der Waals surface area contributed by atoms with Gasteiger partial charge in [0.1, 0.15) is 0 Å². The van der Waals surface area contributed by atoms with Gasteiger partial charge in [0.15, 0.2) is 0 Å². The van der Waals surface area contributed by atoms with Gasteiger partial charge in [0, 0.05) is 36.6 Å². The number of thiophene rings is 1. The SMILES string of the molecule is CCC1(CC)CNCCN1CCc1cccs1. The summed E-state index contributed by atoms with van der Waals surface area (Å²) in [6.45, 7) is 9.37. The highest BCUT2D eigenvalue weighted by Crippen LogP contribution is 2.26. The van der Waals surface area contributed by atoms with Crippen LogP contribution in [-0.2, 0) is 6.42 Å². The molecule has 2 nitrogen and oxygen atoms in total. The molecule has 17 heavy (non-hydrogen) atoms. The molecule has 1 aromatic rings. The molecule has 0 spiro atoms. The molecular weight excluding hydrogens is 228 g/mol. The largest absolute Gasteiger partial charge is 0.314 e. The summed E-state index contributed by atoms with van der Waals surface area (Å²) >= 11 is 1.88. The Morgan fingerprint density at radius 1 is 1.41 bits per heavy atom. The average molecular weight is 252 g/mol. The van der Waals surface area contributed by atoms with Crippen LogP contribution in [0.3, 0.4) is 0 Å². The van der Waals surface area contributed by atoms with E-state index in [0.29, 0.717) is 5.54 Å². The second-order valence-corrected chi connectivity index (χ2v) is 5.96. The maximum absolute atomic E-state index is 3.56. The van der Waals surface area contributed by atoms with E-state index in [4.69, 9.17) is 0 Å². The predicted molar refractivity (Wildman–Crippen MR) is 75.8 cm³/mol. The monoisotopic (exact) mass is 252 g/mol. The van der Waals surface area contributed by atoms with Crippen LogP contribution in [0.5, 0.6) is 0 Å². The molecule has 2 rings (SSSR count). The third-order valence-corrected chi connectivity index (χ3v) is 5.14. The van der Waals surface area contributed by atoms with Gasteiger partial charge >= 0.3 is 0 Å². The van der Waals surface area contributed by atoms with Crippen LogP contribution in [0.25, 0.3) is 0 Å². The van der Waals surface area contributed by atoms with Crippen LogP contribution in [0, 0.1) is 0 Å². The molecule has 0 unspecified atom stereocenters. The average Bonchev–Trinajstić information content (AvgIpc) is 2.90. The topological polar surface area (TPSA) is 15.3 Å². The quantitative estimate of drug-likeness (QED) is 0.867.